The van der Waals surface area contributed by atoms with Crippen molar-refractivity contribution < 1.29 is 9.50 Å². The highest BCUT2D eigenvalue weighted by Gasteiger charge is 2.44. The molecule has 3 heteroatoms. The summed E-state index contributed by atoms with van der Waals surface area (Å²) < 4.78 is 13.1. The van der Waals surface area contributed by atoms with Crippen LogP contribution in [0.5, 0.6) is 0 Å². The van der Waals surface area contributed by atoms with Crippen molar-refractivity contribution in [2.75, 3.05) is 11.9 Å². The third-order valence-electron chi connectivity index (χ3n) is 3.55. The van der Waals surface area contributed by atoms with Gasteiger partial charge in [0, 0.05) is 5.69 Å². The van der Waals surface area contributed by atoms with Crippen molar-refractivity contribution in [1.82, 2.24) is 0 Å². The maximum Gasteiger partial charge on any atom is 0.125 e. The van der Waals surface area contributed by atoms with Gasteiger partial charge in [-0.1, -0.05) is 19.4 Å². The predicted octanol–water partition coefficient (Wildman–Crippen LogP) is 3.18. The molecule has 17 heavy (non-hydrogen) atoms. The lowest BCUT2D eigenvalue weighted by atomic mass is 9.88. The van der Waals surface area contributed by atoms with Crippen molar-refractivity contribution in [3.63, 3.8) is 0 Å². The molecule has 0 aliphatic heterocycles. The minimum absolute atomic E-state index is 0.113. The molecule has 2 N–H and O–H groups in total. The number of benzene rings is 1. The minimum Gasteiger partial charge on any atom is -0.394 e. The highest BCUT2D eigenvalue weighted by molar-refractivity contribution is 5.46. The quantitative estimate of drug-likeness (QED) is 0.796. The van der Waals surface area contributed by atoms with Crippen LogP contribution < -0.4 is 5.32 Å². The molecule has 0 heterocycles. The summed E-state index contributed by atoms with van der Waals surface area (Å²) in [5.41, 5.74) is 0.502. The average Bonchev–Trinajstić information content (AvgIpc) is 3.12. The maximum absolute atomic E-state index is 13.1. The molecule has 1 fully saturated rings. The Morgan fingerprint density at radius 2 is 2.24 bits per heavy atom. The third kappa shape index (κ3) is 2.78. The van der Waals surface area contributed by atoms with Crippen LogP contribution in [0.15, 0.2) is 24.3 Å². The van der Waals surface area contributed by atoms with Crippen molar-refractivity contribution in [3.05, 3.63) is 30.1 Å². The Labute approximate surface area is 102 Å². The molecule has 0 saturated heterocycles. The van der Waals surface area contributed by atoms with Gasteiger partial charge in [-0.2, -0.15) is 0 Å². The number of halogens is 1. The molecule has 0 bridgehead atoms. The molecule has 1 atom stereocenters. The fourth-order valence-corrected chi connectivity index (χ4v) is 2.55. The fourth-order valence-electron chi connectivity index (χ4n) is 2.55. The van der Waals surface area contributed by atoms with Crippen LogP contribution in [0.25, 0.3) is 0 Å². The first-order valence-corrected chi connectivity index (χ1v) is 6.35. The predicted molar refractivity (Wildman–Crippen MR) is 67.5 cm³/mol. The number of aliphatic hydroxyl groups excluding tert-OH is 1. The van der Waals surface area contributed by atoms with Gasteiger partial charge in [0.15, 0.2) is 0 Å². The van der Waals surface area contributed by atoms with Gasteiger partial charge in [-0.3, -0.25) is 0 Å². The first-order valence-electron chi connectivity index (χ1n) is 6.35. The molecule has 0 radical (unpaired) electrons. The average molecular weight is 237 g/mol. The van der Waals surface area contributed by atoms with E-state index in [4.69, 9.17) is 0 Å². The maximum atomic E-state index is 13.1. The smallest absolute Gasteiger partial charge is 0.125 e. The number of aliphatic hydroxyl groups is 1. The van der Waals surface area contributed by atoms with Crippen molar-refractivity contribution in [1.29, 1.82) is 0 Å². The first kappa shape index (κ1) is 12.4. The molecule has 0 amide bonds. The monoisotopic (exact) mass is 237 g/mol. The normalized spacial score (nSPS) is 18.8. The lowest BCUT2D eigenvalue weighted by molar-refractivity contribution is 0.183. The van der Waals surface area contributed by atoms with Crippen LogP contribution in [0.4, 0.5) is 10.1 Å². The topological polar surface area (TPSA) is 32.3 Å². The molecular formula is C14H20FNO. The van der Waals surface area contributed by atoms with Crippen LogP contribution in [-0.2, 0) is 0 Å². The van der Waals surface area contributed by atoms with Gasteiger partial charge in [0.25, 0.3) is 0 Å². The van der Waals surface area contributed by atoms with Crippen LogP contribution in [0.1, 0.15) is 32.6 Å². The summed E-state index contributed by atoms with van der Waals surface area (Å²) in [6.45, 7) is 2.22. The molecule has 2 nitrogen and oxygen atoms in total. The van der Waals surface area contributed by atoms with Gasteiger partial charge >= 0.3 is 0 Å². The molecule has 1 aliphatic carbocycles. The van der Waals surface area contributed by atoms with E-state index in [1.165, 1.54) is 12.1 Å². The summed E-state index contributed by atoms with van der Waals surface area (Å²) in [6.07, 6.45) is 4.25. The minimum atomic E-state index is -0.261. The Balaban J connectivity index is 2.16. The second-order valence-electron chi connectivity index (χ2n) is 4.97. The molecule has 0 spiro atoms. The van der Waals surface area contributed by atoms with Gasteiger partial charge < -0.3 is 10.4 Å². The second-order valence-corrected chi connectivity index (χ2v) is 4.97. The highest BCUT2D eigenvalue weighted by atomic mass is 19.1. The Morgan fingerprint density at radius 3 is 2.76 bits per heavy atom. The van der Waals surface area contributed by atoms with E-state index in [0.717, 1.165) is 31.4 Å². The number of hydrogen-bond acceptors (Lipinski definition) is 2. The lowest BCUT2D eigenvalue weighted by Gasteiger charge is -2.34. The lowest BCUT2D eigenvalue weighted by Crippen LogP contribution is -2.44. The summed E-state index contributed by atoms with van der Waals surface area (Å²) in [5, 5.41) is 13.0. The first-order chi connectivity index (χ1) is 8.20. The Hall–Kier alpha value is -1.09. The van der Waals surface area contributed by atoms with E-state index in [1.807, 2.05) is 6.07 Å². The van der Waals surface area contributed by atoms with Crippen molar-refractivity contribution >= 4 is 5.69 Å². The molecule has 94 valence electrons. The molecule has 1 saturated carbocycles. The zero-order valence-corrected chi connectivity index (χ0v) is 10.2. The van der Waals surface area contributed by atoms with E-state index in [2.05, 4.69) is 12.2 Å². The Bertz CT molecular complexity index is 378. The summed E-state index contributed by atoms with van der Waals surface area (Å²) in [7, 11) is 0. The third-order valence-corrected chi connectivity index (χ3v) is 3.55. The standard InChI is InChI=1S/C14H20FNO/c1-2-8-14(10-17,11-6-7-11)16-13-5-3-4-12(15)9-13/h3-5,9,11,16-17H,2,6-8,10H2,1H3. The van der Waals surface area contributed by atoms with Gasteiger partial charge in [0.05, 0.1) is 12.1 Å². The number of anilines is 1. The molecule has 1 aliphatic rings. The van der Waals surface area contributed by atoms with E-state index in [0.29, 0.717) is 5.92 Å². The molecule has 2 rings (SSSR count). The van der Waals surface area contributed by atoms with Crippen molar-refractivity contribution in [2.45, 2.75) is 38.1 Å². The van der Waals surface area contributed by atoms with Crippen molar-refractivity contribution in [2.24, 2.45) is 5.92 Å². The second kappa shape index (κ2) is 5.05. The van der Waals surface area contributed by atoms with E-state index >= 15 is 0 Å². The Morgan fingerprint density at radius 1 is 1.47 bits per heavy atom. The van der Waals surface area contributed by atoms with E-state index in [9.17, 15) is 9.50 Å². The van der Waals surface area contributed by atoms with Crippen LogP contribution in [0.2, 0.25) is 0 Å². The zero-order chi connectivity index (χ0) is 12.3. The van der Waals surface area contributed by atoms with Gasteiger partial charge in [-0.25, -0.2) is 4.39 Å². The number of nitrogens with one attached hydrogen (secondary N) is 1. The molecule has 1 aromatic carbocycles. The molecule has 1 aromatic rings. The largest absolute Gasteiger partial charge is 0.394 e. The van der Waals surface area contributed by atoms with Gasteiger partial charge in [-0.05, 0) is 43.4 Å². The highest BCUT2D eigenvalue weighted by Crippen LogP contribution is 2.43. The summed E-state index contributed by atoms with van der Waals surface area (Å²) >= 11 is 0. The van der Waals surface area contributed by atoms with Crippen LogP contribution in [-0.4, -0.2) is 17.3 Å². The van der Waals surface area contributed by atoms with Crippen LogP contribution in [0, 0.1) is 11.7 Å². The van der Waals surface area contributed by atoms with E-state index in [-0.39, 0.29) is 18.0 Å². The number of rotatable bonds is 6. The molecule has 1 unspecified atom stereocenters. The Kier molecular flexibility index (Phi) is 3.67. The fraction of sp³-hybridized carbons (Fsp3) is 0.571. The summed E-state index contributed by atoms with van der Waals surface area (Å²) in [6, 6.07) is 6.47. The van der Waals surface area contributed by atoms with Gasteiger partial charge in [0.2, 0.25) is 0 Å². The molecule has 0 aromatic heterocycles. The SMILES string of the molecule is CCCC(CO)(Nc1cccc(F)c1)C1CC1. The van der Waals surface area contributed by atoms with Gasteiger partial charge in [0.1, 0.15) is 5.82 Å². The van der Waals surface area contributed by atoms with E-state index < -0.39 is 0 Å². The zero-order valence-electron chi connectivity index (χ0n) is 10.2. The van der Waals surface area contributed by atoms with Crippen LogP contribution in [0.3, 0.4) is 0 Å². The number of hydrogen-bond donors (Lipinski definition) is 2. The summed E-state index contributed by atoms with van der Waals surface area (Å²) in [4.78, 5) is 0. The van der Waals surface area contributed by atoms with E-state index in [1.54, 1.807) is 6.07 Å². The molecular weight excluding hydrogens is 217 g/mol. The van der Waals surface area contributed by atoms with Gasteiger partial charge in [-0.15, -0.1) is 0 Å². The van der Waals surface area contributed by atoms with Crippen molar-refractivity contribution in [3.8, 4) is 0 Å². The summed E-state index contributed by atoms with van der Waals surface area (Å²) in [5.74, 6) is 0.282. The van der Waals surface area contributed by atoms with Crippen LogP contribution >= 0.6 is 0 Å².